The number of nitrogens with one attached hydrogen (secondary N) is 1. The highest BCUT2D eigenvalue weighted by Gasteiger charge is 2.26. The molecular formula is C14H30N2. The van der Waals surface area contributed by atoms with Crippen LogP contribution in [0.1, 0.15) is 53.4 Å². The first-order valence-corrected chi connectivity index (χ1v) is 7.18. The maximum Gasteiger partial charge on any atom is 0.0218 e. The minimum Gasteiger partial charge on any atom is -0.311 e. The van der Waals surface area contributed by atoms with Gasteiger partial charge in [0.25, 0.3) is 0 Å². The van der Waals surface area contributed by atoms with Crippen LogP contribution in [0.2, 0.25) is 0 Å². The van der Waals surface area contributed by atoms with Crippen LogP contribution in [0.5, 0.6) is 0 Å². The molecule has 2 heteroatoms. The van der Waals surface area contributed by atoms with Crippen molar-refractivity contribution >= 4 is 0 Å². The van der Waals surface area contributed by atoms with E-state index >= 15 is 0 Å². The van der Waals surface area contributed by atoms with E-state index in [1.165, 1.54) is 45.3 Å². The van der Waals surface area contributed by atoms with E-state index in [0.29, 0.717) is 0 Å². The number of piperazine rings is 1. The van der Waals surface area contributed by atoms with Gasteiger partial charge in [0.15, 0.2) is 0 Å². The topological polar surface area (TPSA) is 15.3 Å². The van der Waals surface area contributed by atoms with E-state index in [-0.39, 0.29) is 0 Å². The second-order valence-electron chi connectivity index (χ2n) is 5.42. The standard InChI is InChI=1S/C14H30N2/c1-5-8-13-11-16(10-12(4)6-2)14(7-3)9-15-13/h12-15H,5-11H2,1-4H3. The summed E-state index contributed by atoms with van der Waals surface area (Å²) in [5.41, 5.74) is 0. The Morgan fingerprint density at radius 1 is 1.31 bits per heavy atom. The summed E-state index contributed by atoms with van der Waals surface area (Å²) < 4.78 is 0. The van der Waals surface area contributed by atoms with Crippen LogP contribution < -0.4 is 5.32 Å². The Kier molecular flexibility index (Phi) is 6.37. The highest BCUT2D eigenvalue weighted by atomic mass is 15.2. The first-order chi connectivity index (χ1) is 7.71. The molecule has 1 saturated heterocycles. The molecule has 0 aromatic rings. The Balaban J connectivity index is 2.46. The Morgan fingerprint density at radius 2 is 2.06 bits per heavy atom. The third kappa shape index (κ3) is 4.06. The molecule has 1 rings (SSSR count). The van der Waals surface area contributed by atoms with Crippen LogP contribution in [0.15, 0.2) is 0 Å². The minimum absolute atomic E-state index is 0.733. The molecule has 0 saturated carbocycles. The van der Waals surface area contributed by atoms with Crippen molar-refractivity contribution in [2.45, 2.75) is 65.5 Å². The number of hydrogen-bond acceptors (Lipinski definition) is 2. The van der Waals surface area contributed by atoms with Crippen molar-refractivity contribution in [3.8, 4) is 0 Å². The minimum atomic E-state index is 0.733. The van der Waals surface area contributed by atoms with E-state index in [2.05, 4.69) is 37.9 Å². The van der Waals surface area contributed by atoms with E-state index in [1.807, 2.05) is 0 Å². The maximum absolute atomic E-state index is 3.70. The third-order valence-corrected chi connectivity index (χ3v) is 3.96. The summed E-state index contributed by atoms with van der Waals surface area (Å²) in [7, 11) is 0. The van der Waals surface area contributed by atoms with Crippen molar-refractivity contribution in [2.75, 3.05) is 19.6 Å². The molecule has 1 N–H and O–H groups in total. The van der Waals surface area contributed by atoms with Gasteiger partial charge in [-0.25, -0.2) is 0 Å². The normalized spacial score (nSPS) is 29.2. The van der Waals surface area contributed by atoms with Gasteiger partial charge in [-0.15, -0.1) is 0 Å². The largest absolute Gasteiger partial charge is 0.311 e. The quantitative estimate of drug-likeness (QED) is 0.749. The van der Waals surface area contributed by atoms with Gasteiger partial charge in [0.2, 0.25) is 0 Å². The zero-order valence-electron chi connectivity index (χ0n) is 11.6. The molecule has 1 aliphatic heterocycles. The fraction of sp³-hybridized carbons (Fsp3) is 1.00. The molecule has 0 aromatic carbocycles. The van der Waals surface area contributed by atoms with Crippen molar-refractivity contribution in [3.05, 3.63) is 0 Å². The monoisotopic (exact) mass is 226 g/mol. The Hall–Kier alpha value is -0.0800. The molecule has 0 spiro atoms. The smallest absolute Gasteiger partial charge is 0.0218 e. The Morgan fingerprint density at radius 3 is 2.62 bits per heavy atom. The van der Waals surface area contributed by atoms with Gasteiger partial charge in [0, 0.05) is 31.7 Å². The van der Waals surface area contributed by atoms with Crippen molar-refractivity contribution in [3.63, 3.8) is 0 Å². The predicted molar refractivity (Wildman–Crippen MR) is 71.8 cm³/mol. The van der Waals surface area contributed by atoms with Gasteiger partial charge in [0.1, 0.15) is 0 Å². The van der Waals surface area contributed by atoms with Crippen LogP contribution in [0, 0.1) is 5.92 Å². The lowest BCUT2D eigenvalue weighted by atomic mass is 10.0. The molecule has 1 fully saturated rings. The predicted octanol–water partition coefficient (Wildman–Crippen LogP) is 2.89. The van der Waals surface area contributed by atoms with Crippen molar-refractivity contribution in [1.29, 1.82) is 0 Å². The molecule has 0 radical (unpaired) electrons. The molecule has 0 bridgehead atoms. The van der Waals surface area contributed by atoms with Crippen LogP contribution in [0.4, 0.5) is 0 Å². The number of hydrogen-bond donors (Lipinski definition) is 1. The second-order valence-corrected chi connectivity index (χ2v) is 5.42. The van der Waals surface area contributed by atoms with Crippen molar-refractivity contribution in [2.24, 2.45) is 5.92 Å². The molecule has 0 amide bonds. The number of rotatable bonds is 6. The van der Waals surface area contributed by atoms with Gasteiger partial charge >= 0.3 is 0 Å². The maximum atomic E-state index is 3.70. The summed E-state index contributed by atoms with van der Waals surface area (Å²) in [6.07, 6.45) is 5.21. The third-order valence-electron chi connectivity index (χ3n) is 3.96. The van der Waals surface area contributed by atoms with Crippen molar-refractivity contribution in [1.82, 2.24) is 10.2 Å². The molecule has 3 unspecified atom stereocenters. The highest BCUT2D eigenvalue weighted by molar-refractivity contribution is 4.85. The highest BCUT2D eigenvalue weighted by Crippen LogP contribution is 2.16. The average molecular weight is 226 g/mol. The SMILES string of the molecule is CCCC1CN(CC(C)CC)C(CC)CN1. The fourth-order valence-electron chi connectivity index (χ4n) is 2.63. The summed E-state index contributed by atoms with van der Waals surface area (Å²) in [5.74, 6) is 0.842. The Labute approximate surface area is 102 Å². The molecule has 1 heterocycles. The molecule has 96 valence electrons. The summed E-state index contributed by atoms with van der Waals surface area (Å²) >= 11 is 0. The van der Waals surface area contributed by atoms with Crippen LogP contribution in [0.25, 0.3) is 0 Å². The zero-order chi connectivity index (χ0) is 12.0. The van der Waals surface area contributed by atoms with Crippen LogP contribution >= 0.6 is 0 Å². The summed E-state index contributed by atoms with van der Waals surface area (Å²) in [5, 5.41) is 3.70. The lowest BCUT2D eigenvalue weighted by Crippen LogP contribution is -2.57. The first kappa shape index (κ1) is 14.0. The summed E-state index contributed by atoms with van der Waals surface area (Å²) in [4.78, 5) is 2.73. The van der Waals surface area contributed by atoms with E-state index in [9.17, 15) is 0 Å². The molecular weight excluding hydrogens is 196 g/mol. The second kappa shape index (κ2) is 7.29. The van der Waals surface area contributed by atoms with Crippen molar-refractivity contribution < 1.29 is 0 Å². The number of nitrogens with zero attached hydrogens (tertiary/aromatic N) is 1. The van der Waals surface area contributed by atoms with Gasteiger partial charge in [-0.3, -0.25) is 4.90 Å². The molecule has 2 nitrogen and oxygen atoms in total. The molecule has 0 aromatic heterocycles. The average Bonchev–Trinajstić information content (AvgIpc) is 2.30. The lowest BCUT2D eigenvalue weighted by molar-refractivity contribution is 0.106. The first-order valence-electron chi connectivity index (χ1n) is 7.18. The van der Waals surface area contributed by atoms with E-state index in [1.54, 1.807) is 0 Å². The van der Waals surface area contributed by atoms with Crippen LogP contribution in [0.3, 0.4) is 0 Å². The molecule has 1 aliphatic rings. The fourth-order valence-corrected chi connectivity index (χ4v) is 2.63. The van der Waals surface area contributed by atoms with Gasteiger partial charge in [-0.1, -0.05) is 40.5 Å². The lowest BCUT2D eigenvalue weighted by Gasteiger charge is -2.41. The van der Waals surface area contributed by atoms with Gasteiger partial charge < -0.3 is 5.32 Å². The Bertz CT molecular complexity index is 182. The van der Waals surface area contributed by atoms with Gasteiger partial charge in [-0.05, 0) is 18.8 Å². The van der Waals surface area contributed by atoms with Gasteiger partial charge in [0.05, 0.1) is 0 Å². The molecule has 0 aliphatic carbocycles. The van der Waals surface area contributed by atoms with Crippen LogP contribution in [-0.2, 0) is 0 Å². The van der Waals surface area contributed by atoms with E-state index in [0.717, 1.165) is 18.0 Å². The molecule has 3 atom stereocenters. The van der Waals surface area contributed by atoms with E-state index in [4.69, 9.17) is 0 Å². The summed E-state index contributed by atoms with van der Waals surface area (Å²) in [6, 6.07) is 1.50. The van der Waals surface area contributed by atoms with Crippen LogP contribution in [-0.4, -0.2) is 36.6 Å². The summed E-state index contributed by atoms with van der Waals surface area (Å²) in [6.45, 7) is 13.0. The van der Waals surface area contributed by atoms with Gasteiger partial charge in [-0.2, -0.15) is 0 Å². The zero-order valence-corrected chi connectivity index (χ0v) is 11.6. The molecule has 16 heavy (non-hydrogen) atoms. The van der Waals surface area contributed by atoms with E-state index < -0.39 is 0 Å².